The lowest BCUT2D eigenvalue weighted by Crippen LogP contribution is -2.27. The minimum absolute atomic E-state index is 0.407. The average Bonchev–Trinajstić information content (AvgIpc) is 2.88. The van der Waals surface area contributed by atoms with Gasteiger partial charge in [0.1, 0.15) is 0 Å². The highest BCUT2D eigenvalue weighted by Gasteiger charge is 2.24. The fourth-order valence-electron chi connectivity index (χ4n) is 3.13. The van der Waals surface area contributed by atoms with Crippen molar-refractivity contribution in [1.82, 2.24) is 5.32 Å². The van der Waals surface area contributed by atoms with Gasteiger partial charge in [0.15, 0.2) is 0 Å². The first-order chi connectivity index (χ1) is 10.2. The molecule has 2 unspecified atom stereocenters. The van der Waals surface area contributed by atoms with Crippen LogP contribution < -0.4 is 5.32 Å². The standard InChI is InChI=1S/C18H22INS/c1-3-13-7-9-14(10-8-13)12(2)20-16-5-4-6-17-15(16)11-18(19)21-17/h7-12,16,20H,3-6H2,1-2H3. The predicted octanol–water partition coefficient (Wildman–Crippen LogP) is 5.64. The van der Waals surface area contributed by atoms with E-state index in [1.54, 1.807) is 10.4 Å². The number of halogens is 1. The predicted molar refractivity (Wildman–Crippen MR) is 100 cm³/mol. The SMILES string of the molecule is CCc1ccc(C(C)NC2CCCc3sc(I)cc32)cc1. The van der Waals surface area contributed by atoms with E-state index in [1.165, 1.54) is 33.3 Å². The first-order valence-electron chi connectivity index (χ1n) is 7.80. The zero-order chi connectivity index (χ0) is 14.8. The number of hydrogen-bond donors (Lipinski definition) is 1. The van der Waals surface area contributed by atoms with Gasteiger partial charge in [-0.15, -0.1) is 11.3 Å². The quantitative estimate of drug-likeness (QED) is 0.642. The van der Waals surface area contributed by atoms with Crippen molar-refractivity contribution < 1.29 is 0 Å². The Labute approximate surface area is 145 Å². The summed E-state index contributed by atoms with van der Waals surface area (Å²) in [5.41, 5.74) is 4.36. The molecule has 3 heteroatoms. The van der Waals surface area contributed by atoms with E-state index in [0.29, 0.717) is 12.1 Å². The van der Waals surface area contributed by atoms with E-state index in [-0.39, 0.29) is 0 Å². The van der Waals surface area contributed by atoms with E-state index >= 15 is 0 Å². The highest BCUT2D eigenvalue weighted by atomic mass is 127. The second-order valence-corrected chi connectivity index (χ2v) is 8.89. The minimum Gasteiger partial charge on any atom is -0.303 e. The molecule has 0 aliphatic heterocycles. The Morgan fingerprint density at radius 3 is 2.81 bits per heavy atom. The second-order valence-electron chi connectivity index (χ2n) is 5.86. The van der Waals surface area contributed by atoms with Crippen molar-refractivity contribution in [2.24, 2.45) is 0 Å². The Bertz CT molecular complexity index is 602. The van der Waals surface area contributed by atoms with Crippen LogP contribution in [0.25, 0.3) is 0 Å². The summed E-state index contributed by atoms with van der Waals surface area (Å²) in [7, 11) is 0. The van der Waals surface area contributed by atoms with E-state index in [9.17, 15) is 0 Å². The molecule has 1 aliphatic rings. The maximum Gasteiger partial charge on any atom is 0.0659 e. The largest absolute Gasteiger partial charge is 0.303 e. The summed E-state index contributed by atoms with van der Waals surface area (Å²) in [6, 6.07) is 12.4. The van der Waals surface area contributed by atoms with Gasteiger partial charge < -0.3 is 5.32 Å². The van der Waals surface area contributed by atoms with Crippen LogP contribution in [0.1, 0.15) is 60.3 Å². The molecule has 21 heavy (non-hydrogen) atoms. The Balaban J connectivity index is 1.74. The third-order valence-electron chi connectivity index (χ3n) is 4.42. The number of rotatable bonds is 4. The van der Waals surface area contributed by atoms with Crippen LogP contribution in [0.3, 0.4) is 0 Å². The number of benzene rings is 1. The monoisotopic (exact) mass is 411 g/mol. The Morgan fingerprint density at radius 2 is 2.10 bits per heavy atom. The van der Waals surface area contributed by atoms with Crippen LogP contribution in [0.4, 0.5) is 0 Å². The van der Waals surface area contributed by atoms with Crippen molar-refractivity contribution in [2.75, 3.05) is 0 Å². The highest BCUT2D eigenvalue weighted by Crippen LogP contribution is 2.37. The maximum atomic E-state index is 3.85. The number of hydrogen-bond acceptors (Lipinski definition) is 2. The molecule has 1 nitrogen and oxygen atoms in total. The van der Waals surface area contributed by atoms with Crippen molar-refractivity contribution >= 4 is 33.9 Å². The first-order valence-corrected chi connectivity index (χ1v) is 9.70. The van der Waals surface area contributed by atoms with Gasteiger partial charge in [0, 0.05) is 17.0 Å². The molecule has 112 valence electrons. The lowest BCUT2D eigenvalue weighted by atomic mass is 9.92. The van der Waals surface area contributed by atoms with E-state index in [2.05, 4.69) is 72.1 Å². The fourth-order valence-corrected chi connectivity index (χ4v) is 5.25. The van der Waals surface area contributed by atoms with Crippen molar-refractivity contribution in [3.05, 3.63) is 54.8 Å². The van der Waals surface area contributed by atoms with Gasteiger partial charge in [0.25, 0.3) is 0 Å². The highest BCUT2D eigenvalue weighted by molar-refractivity contribution is 14.1. The van der Waals surface area contributed by atoms with Crippen LogP contribution >= 0.6 is 33.9 Å². The molecule has 0 amide bonds. The Morgan fingerprint density at radius 1 is 1.33 bits per heavy atom. The molecule has 2 aromatic rings. The van der Waals surface area contributed by atoms with E-state index in [1.807, 2.05) is 11.3 Å². The van der Waals surface area contributed by atoms with Gasteiger partial charge in [-0.25, -0.2) is 0 Å². The molecular weight excluding hydrogens is 389 g/mol. The molecule has 2 atom stereocenters. The van der Waals surface area contributed by atoms with Crippen LogP contribution in [0, 0.1) is 2.88 Å². The molecule has 0 spiro atoms. The topological polar surface area (TPSA) is 12.0 Å². The Kier molecular flexibility index (Phi) is 5.02. The molecule has 0 saturated carbocycles. The zero-order valence-electron chi connectivity index (χ0n) is 12.7. The molecule has 1 aromatic carbocycles. The molecule has 1 heterocycles. The molecule has 0 saturated heterocycles. The summed E-state index contributed by atoms with van der Waals surface area (Å²) in [6.07, 6.45) is 4.95. The van der Waals surface area contributed by atoms with Gasteiger partial charge in [-0.05, 0) is 78.0 Å². The van der Waals surface area contributed by atoms with Crippen molar-refractivity contribution in [2.45, 2.75) is 51.6 Å². The van der Waals surface area contributed by atoms with Crippen molar-refractivity contribution in [1.29, 1.82) is 0 Å². The molecule has 1 aromatic heterocycles. The third kappa shape index (κ3) is 3.51. The lowest BCUT2D eigenvalue weighted by Gasteiger charge is -2.27. The Hall–Kier alpha value is -0.390. The zero-order valence-corrected chi connectivity index (χ0v) is 15.6. The lowest BCUT2D eigenvalue weighted by molar-refractivity contribution is 0.418. The number of fused-ring (bicyclic) bond motifs is 1. The summed E-state index contributed by atoms with van der Waals surface area (Å²) in [4.78, 5) is 1.59. The van der Waals surface area contributed by atoms with E-state index in [4.69, 9.17) is 0 Å². The first kappa shape index (κ1) is 15.5. The van der Waals surface area contributed by atoms with Crippen molar-refractivity contribution in [3.8, 4) is 0 Å². The molecule has 1 aliphatic carbocycles. The van der Waals surface area contributed by atoms with Crippen LogP contribution in [0.15, 0.2) is 30.3 Å². The second kappa shape index (κ2) is 6.80. The summed E-state index contributed by atoms with van der Waals surface area (Å²) in [5, 5.41) is 3.85. The smallest absolute Gasteiger partial charge is 0.0659 e. The minimum atomic E-state index is 0.407. The molecule has 3 rings (SSSR count). The summed E-state index contributed by atoms with van der Waals surface area (Å²) >= 11 is 4.42. The number of aryl methyl sites for hydroxylation is 2. The third-order valence-corrected chi connectivity index (χ3v) is 6.39. The molecule has 0 fully saturated rings. The number of thiophene rings is 1. The van der Waals surface area contributed by atoms with Crippen molar-refractivity contribution in [3.63, 3.8) is 0 Å². The molecule has 0 radical (unpaired) electrons. The van der Waals surface area contributed by atoms with Crippen LogP contribution in [0.2, 0.25) is 0 Å². The number of nitrogens with one attached hydrogen (secondary N) is 1. The maximum absolute atomic E-state index is 3.85. The summed E-state index contributed by atoms with van der Waals surface area (Å²) in [5.74, 6) is 0. The van der Waals surface area contributed by atoms with Gasteiger partial charge in [0.05, 0.1) is 2.88 Å². The van der Waals surface area contributed by atoms with Gasteiger partial charge in [0.2, 0.25) is 0 Å². The molecular formula is C18H22INS. The average molecular weight is 411 g/mol. The van der Waals surface area contributed by atoms with Crippen LogP contribution in [-0.2, 0) is 12.8 Å². The molecule has 0 bridgehead atoms. The summed E-state index contributed by atoms with van der Waals surface area (Å²) < 4.78 is 1.42. The fraction of sp³-hybridized carbons (Fsp3) is 0.444. The van der Waals surface area contributed by atoms with Gasteiger partial charge in [-0.2, -0.15) is 0 Å². The molecule has 1 N–H and O–H groups in total. The van der Waals surface area contributed by atoms with Gasteiger partial charge in [-0.3, -0.25) is 0 Å². The van der Waals surface area contributed by atoms with Crippen LogP contribution in [0.5, 0.6) is 0 Å². The van der Waals surface area contributed by atoms with E-state index in [0.717, 1.165) is 6.42 Å². The normalized spacial score (nSPS) is 19.3. The van der Waals surface area contributed by atoms with Crippen LogP contribution in [-0.4, -0.2) is 0 Å². The van der Waals surface area contributed by atoms with E-state index < -0.39 is 0 Å². The van der Waals surface area contributed by atoms with Gasteiger partial charge in [-0.1, -0.05) is 31.2 Å². The van der Waals surface area contributed by atoms with Gasteiger partial charge >= 0.3 is 0 Å². The summed E-state index contributed by atoms with van der Waals surface area (Å²) in [6.45, 7) is 4.49.